The van der Waals surface area contributed by atoms with Crippen LogP contribution in [-0.4, -0.2) is 96.7 Å². The van der Waals surface area contributed by atoms with Gasteiger partial charge in [0.2, 0.25) is 0 Å². The molecule has 0 aromatic heterocycles. The van der Waals surface area contributed by atoms with Crippen LogP contribution < -0.4 is 0 Å². The summed E-state index contributed by atoms with van der Waals surface area (Å²) in [6.07, 6.45) is 50.3. The highest BCUT2D eigenvalue weighted by Crippen LogP contribution is 2.45. The number of phosphoric acid groups is 2. The third-order valence-corrected chi connectivity index (χ3v) is 19.8. The standard InChI is InChI=1S/C76H148O17P2/c1-9-69(8)55-47-39-30-24-20-16-14-12-10-11-13-15-17-21-26-32-42-50-58-75(80)92-71(62-86-73(78)56-48-40-31-25-22-18-19-23-28-36-44-52-66(2)3)64-90-94(82,83)88-60-70(77)61-89-95(84,85)91-65-72(93-76(81)59-51-43-35-34-38-46-54-68(6)7)63-87-74(79)57-49-41-33-27-29-37-45-53-67(4)5/h66-72,77H,9-65H2,1-8H3,(H,82,83)(H,84,85)/t69?,70?,71-,72-/m1/s1. The van der Waals surface area contributed by atoms with Crippen molar-refractivity contribution in [2.75, 3.05) is 39.6 Å². The van der Waals surface area contributed by atoms with Crippen LogP contribution in [0.2, 0.25) is 0 Å². The molecule has 3 N–H and O–H groups in total. The Morgan fingerprint density at radius 3 is 0.747 bits per heavy atom. The van der Waals surface area contributed by atoms with Gasteiger partial charge in [-0.3, -0.25) is 37.3 Å². The molecule has 0 aliphatic rings. The number of phosphoric ester groups is 2. The molecule has 95 heavy (non-hydrogen) atoms. The molecule has 0 saturated heterocycles. The van der Waals surface area contributed by atoms with Crippen LogP contribution in [0.25, 0.3) is 0 Å². The lowest BCUT2D eigenvalue weighted by Gasteiger charge is -2.21. The van der Waals surface area contributed by atoms with Crippen LogP contribution in [0, 0.1) is 23.7 Å². The van der Waals surface area contributed by atoms with Gasteiger partial charge in [0.05, 0.1) is 26.4 Å². The van der Waals surface area contributed by atoms with Crippen molar-refractivity contribution < 1.29 is 80.2 Å². The molecule has 17 nitrogen and oxygen atoms in total. The van der Waals surface area contributed by atoms with E-state index < -0.39 is 97.5 Å². The summed E-state index contributed by atoms with van der Waals surface area (Å²) in [7, 11) is -9.91. The molecule has 0 fully saturated rings. The van der Waals surface area contributed by atoms with Crippen LogP contribution in [0.1, 0.15) is 383 Å². The molecule has 0 aromatic carbocycles. The van der Waals surface area contributed by atoms with E-state index in [4.69, 9.17) is 37.0 Å². The van der Waals surface area contributed by atoms with E-state index in [2.05, 4.69) is 55.4 Å². The first-order valence-electron chi connectivity index (χ1n) is 39.2. The fourth-order valence-electron chi connectivity index (χ4n) is 11.5. The van der Waals surface area contributed by atoms with Crippen molar-refractivity contribution >= 4 is 39.5 Å². The van der Waals surface area contributed by atoms with E-state index in [1.165, 1.54) is 180 Å². The smallest absolute Gasteiger partial charge is 0.462 e. The molecule has 0 aliphatic carbocycles. The molecule has 0 spiro atoms. The number of carbonyl (C=O) groups excluding carboxylic acids is 4. The van der Waals surface area contributed by atoms with Crippen molar-refractivity contribution in [3.05, 3.63) is 0 Å². The summed E-state index contributed by atoms with van der Waals surface area (Å²) in [5.41, 5.74) is 0. The van der Waals surface area contributed by atoms with Crippen molar-refractivity contribution in [3.8, 4) is 0 Å². The SMILES string of the molecule is CCC(C)CCCCCCCCCCCCCCCCCCCCC(=O)O[C@H](COC(=O)CCCCCCCCCCCCCC(C)C)COP(=O)(O)OCC(O)COP(=O)(O)OC[C@@H](COC(=O)CCCCCCCCCC(C)C)OC(=O)CCCCCCCCC(C)C. The Labute approximate surface area is 581 Å². The fraction of sp³-hybridized carbons (Fsp3) is 0.947. The fourth-order valence-corrected chi connectivity index (χ4v) is 13.1. The van der Waals surface area contributed by atoms with Crippen LogP contribution in [0.15, 0.2) is 0 Å². The minimum Gasteiger partial charge on any atom is -0.462 e. The molecule has 0 amide bonds. The first-order chi connectivity index (χ1) is 45.6. The van der Waals surface area contributed by atoms with E-state index >= 15 is 0 Å². The van der Waals surface area contributed by atoms with Gasteiger partial charge >= 0.3 is 39.5 Å². The van der Waals surface area contributed by atoms with Gasteiger partial charge in [-0.1, -0.05) is 331 Å². The topological polar surface area (TPSA) is 237 Å². The van der Waals surface area contributed by atoms with Gasteiger partial charge in [-0.2, -0.15) is 0 Å². The summed E-state index contributed by atoms with van der Waals surface area (Å²) < 4.78 is 68.4. The Kier molecular flexibility index (Phi) is 64.0. The summed E-state index contributed by atoms with van der Waals surface area (Å²) in [5, 5.41) is 10.6. The highest BCUT2D eigenvalue weighted by molar-refractivity contribution is 7.47. The third-order valence-electron chi connectivity index (χ3n) is 17.9. The van der Waals surface area contributed by atoms with E-state index in [1.807, 2.05) is 0 Å². The Morgan fingerprint density at radius 1 is 0.295 bits per heavy atom. The summed E-state index contributed by atoms with van der Waals surface area (Å²) in [6, 6.07) is 0. The molecule has 0 bridgehead atoms. The van der Waals surface area contributed by atoms with Gasteiger partial charge in [0.15, 0.2) is 12.2 Å². The van der Waals surface area contributed by atoms with E-state index in [9.17, 15) is 43.2 Å². The Bertz CT molecular complexity index is 1870. The first kappa shape index (κ1) is 93.1. The molecule has 0 aromatic rings. The zero-order valence-electron chi connectivity index (χ0n) is 62.3. The van der Waals surface area contributed by atoms with Crippen LogP contribution >= 0.6 is 15.6 Å². The average molecular weight is 1400 g/mol. The number of hydrogen-bond acceptors (Lipinski definition) is 15. The molecule has 564 valence electrons. The zero-order valence-corrected chi connectivity index (χ0v) is 64.1. The van der Waals surface area contributed by atoms with Gasteiger partial charge in [-0.25, -0.2) is 9.13 Å². The maximum Gasteiger partial charge on any atom is 0.472 e. The normalized spacial score (nSPS) is 14.4. The monoisotopic (exact) mass is 1400 g/mol. The molecule has 19 heteroatoms. The molecule has 0 aliphatic heterocycles. The predicted octanol–water partition coefficient (Wildman–Crippen LogP) is 22.0. The molecule has 0 radical (unpaired) electrons. The van der Waals surface area contributed by atoms with Crippen LogP contribution in [0.5, 0.6) is 0 Å². The van der Waals surface area contributed by atoms with Crippen LogP contribution in [-0.2, 0) is 65.4 Å². The van der Waals surface area contributed by atoms with Crippen molar-refractivity contribution in [1.29, 1.82) is 0 Å². The molecule has 6 atom stereocenters. The Balaban J connectivity index is 5.17. The molecule has 0 heterocycles. The summed E-state index contributed by atoms with van der Waals surface area (Å²) in [6.45, 7) is 14.1. The highest BCUT2D eigenvalue weighted by atomic mass is 31.2. The minimum absolute atomic E-state index is 0.101. The van der Waals surface area contributed by atoms with Gasteiger partial charge in [-0.05, 0) is 49.4 Å². The molecule has 4 unspecified atom stereocenters. The number of aliphatic hydroxyl groups excluding tert-OH is 1. The summed E-state index contributed by atoms with van der Waals surface area (Å²) in [4.78, 5) is 72.7. The first-order valence-corrected chi connectivity index (χ1v) is 42.2. The van der Waals surface area contributed by atoms with Crippen LogP contribution in [0.3, 0.4) is 0 Å². The second-order valence-electron chi connectivity index (χ2n) is 29.1. The lowest BCUT2D eigenvalue weighted by Crippen LogP contribution is -2.30. The average Bonchev–Trinajstić information content (AvgIpc) is 2.15. The van der Waals surface area contributed by atoms with Crippen molar-refractivity contribution in [3.63, 3.8) is 0 Å². The van der Waals surface area contributed by atoms with Crippen molar-refractivity contribution in [2.45, 2.75) is 401 Å². The lowest BCUT2D eigenvalue weighted by molar-refractivity contribution is -0.161. The van der Waals surface area contributed by atoms with Crippen LogP contribution in [0.4, 0.5) is 0 Å². The van der Waals surface area contributed by atoms with Gasteiger partial charge < -0.3 is 33.8 Å². The second-order valence-corrected chi connectivity index (χ2v) is 32.0. The number of carbonyl (C=O) groups is 4. The van der Waals surface area contributed by atoms with Gasteiger partial charge in [0.1, 0.15) is 19.3 Å². The Morgan fingerprint density at radius 2 is 0.505 bits per heavy atom. The number of esters is 4. The number of hydrogen-bond donors (Lipinski definition) is 3. The van der Waals surface area contributed by atoms with E-state index in [1.54, 1.807) is 0 Å². The van der Waals surface area contributed by atoms with Crippen molar-refractivity contribution in [2.24, 2.45) is 23.7 Å². The zero-order chi connectivity index (χ0) is 70.3. The predicted molar refractivity (Wildman–Crippen MR) is 386 cm³/mol. The van der Waals surface area contributed by atoms with E-state index in [0.29, 0.717) is 37.5 Å². The number of ether oxygens (including phenoxy) is 4. The molecule has 0 rings (SSSR count). The van der Waals surface area contributed by atoms with E-state index in [0.717, 1.165) is 108 Å². The number of rotatable bonds is 73. The number of unbranched alkanes of at least 4 members (excludes halogenated alkanes) is 38. The second kappa shape index (κ2) is 65.4. The maximum atomic E-state index is 13.1. The van der Waals surface area contributed by atoms with E-state index in [-0.39, 0.29) is 25.7 Å². The van der Waals surface area contributed by atoms with Gasteiger partial charge in [0, 0.05) is 25.7 Å². The molecular weight excluding hydrogens is 1250 g/mol. The quantitative estimate of drug-likeness (QED) is 0.0222. The minimum atomic E-state index is -4.96. The molecular formula is C76H148O17P2. The summed E-state index contributed by atoms with van der Waals surface area (Å²) in [5.74, 6) is 0.889. The van der Waals surface area contributed by atoms with Crippen molar-refractivity contribution in [1.82, 2.24) is 0 Å². The lowest BCUT2D eigenvalue weighted by atomic mass is 9.99. The van der Waals surface area contributed by atoms with Gasteiger partial charge in [0.25, 0.3) is 0 Å². The molecule has 0 saturated carbocycles. The summed E-state index contributed by atoms with van der Waals surface area (Å²) >= 11 is 0. The third kappa shape index (κ3) is 69.0. The highest BCUT2D eigenvalue weighted by Gasteiger charge is 2.30. The largest absolute Gasteiger partial charge is 0.472 e. The van der Waals surface area contributed by atoms with Gasteiger partial charge in [-0.15, -0.1) is 0 Å². The maximum absolute atomic E-state index is 13.1. The number of aliphatic hydroxyl groups is 1. The Hall–Kier alpha value is -1.94.